The first-order valence-corrected chi connectivity index (χ1v) is 11.0. The molecule has 4 aromatic rings. The average molecular weight is 456 g/mol. The van der Waals surface area contributed by atoms with Crippen molar-refractivity contribution in [2.75, 3.05) is 5.32 Å². The van der Waals surface area contributed by atoms with Crippen LogP contribution in [-0.4, -0.2) is 18.0 Å². The zero-order valence-electron chi connectivity index (χ0n) is 19.5. The monoisotopic (exact) mass is 455 g/mol. The van der Waals surface area contributed by atoms with Gasteiger partial charge in [0.15, 0.2) is 5.43 Å². The van der Waals surface area contributed by atoms with Gasteiger partial charge in [-0.05, 0) is 81.3 Å². The van der Waals surface area contributed by atoms with Crippen molar-refractivity contribution in [3.05, 3.63) is 99.2 Å². The number of ether oxygens (including phenoxy) is 1. The molecule has 0 unspecified atom stereocenters. The first-order valence-electron chi connectivity index (χ1n) is 11.0. The maximum atomic E-state index is 12.7. The van der Waals surface area contributed by atoms with Gasteiger partial charge in [-0.3, -0.25) is 9.59 Å². The fourth-order valence-corrected chi connectivity index (χ4v) is 3.71. The molecule has 1 amide bonds. The molecule has 1 heterocycles. The Balaban J connectivity index is 1.51. The summed E-state index contributed by atoms with van der Waals surface area (Å²) in [7, 11) is 0. The van der Waals surface area contributed by atoms with Crippen molar-refractivity contribution < 1.29 is 18.7 Å². The highest BCUT2D eigenvalue weighted by molar-refractivity contribution is 6.04. The molecule has 0 bridgehead atoms. The number of aryl methyl sites for hydroxylation is 2. The van der Waals surface area contributed by atoms with E-state index in [1.54, 1.807) is 62.4 Å². The molecular formula is C28H25NO5. The summed E-state index contributed by atoms with van der Waals surface area (Å²) in [6, 6.07) is 18.6. The molecule has 0 aliphatic rings. The molecule has 1 N–H and O–H groups in total. The zero-order valence-corrected chi connectivity index (χ0v) is 19.5. The summed E-state index contributed by atoms with van der Waals surface area (Å²) in [5.74, 6) is -0.259. The maximum Gasteiger partial charge on any atom is 0.338 e. The Morgan fingerprint density at radius 3 is 2.18 bits per heavy atom. The van der Waals surface area contributed by atoms with E-state index in [1.807, 2.05) is 26.0 Å². The number of rotatable bonds is 5. The topological polar surface area (TPSA) is 85.6 Å². The third kappa shape index (κ3) is 4.91. The molecule has 0 fully saturated rings. The van der Waals surface area contributed by atoms with Crippen molar-refractivity contribution in [2.24, 2.45) is 0 Å². The second kappa shape index (κ2) is 9.35. The standard InChI is InChI=1S/C28H25NO5/c1-16(2)33-28(32)21-9-11-22(12-10-21)29-27(31)20-7-5-19(6-8-20)25-15-24(30)23-14-17(3)13-18(4)26(23)34-25/h5-16H,1-4H3,(H,29,31). The molecule has 6 nitrogen and oxygen atoms in total. The lowest BCUT2D eigenvalue weighted by molar-refractivity contribution is 0.0378. The molecule has 6 heteroatoms. The number of amides is 1. The Bertz CT molecular complexity index is 1430. The highest BCUT2D eigenvalue weighted by atomic mass is 16.5. The number of carbonyl (C=O) groups excluding carboxylic acids is 2. The van der Waals surface area contributed by atoms with Gasteiger partial charge >= 0.3 is 5.97 Å². The summed E-state index contributed by atoms with van der Waals surface area (Å²) in [6.45, 7) is 7.43. The number of hydrogen-bond donors (Lipinski definition) is 1. The Morgan fingerprint density at radius 1 is 0.882 bits per heavy atom. The van der Waals surface area contributed by atoms with Gasteiger partial charge in [0.05, 0.1) is 17.1 Å². The van der Waals surface area contributed by atoms with E-state index in [4.69, 9.17) is 9.15 Å². The van der Waals surface area contributed by atoms with Crippen molar-refractivity contribution in [2.45, 2.75) is 33.8 Å². The van der Waals surface area contributed by atoms with Gasteiger partial charge < -0.3 is 14.5 Å². The molecule has 172 valence electrons. The SMILES string of the molecule is Cc1cc(C)c2oc(-c3ccc(C(=O)Nc4ccc(C(=O)OC(C)C)cc4)cc3)cc(=O)c2c1. The van der Waals surface area contributed by atoms with E-state index in [1.165, 1.54) is 6.07 Å². The Kier molecular flexibility index (Phi) is 6.32. The quantitative estimate of drug-likeness (QED) is 0.379. The number of esters is 1. The smallest absolute Gasteiger partial charge is 0.338 e. The average Bonchev–Trinajstić information content (AvgIpc) is 2.79. The Morgan fingerprint density at radius 2 is 1.53 bits per heavy atom. The lowest BCUT2D eigenvalue weighted by atomic mass is 10.1. The van der Waals surface area contributed by atoms with E-state index < -0.39 is 5.97 Å². The lowest BCUT2D eigenvalue weighted by Crippen LogP contribution is -2.13. The zero-order chi connectivity index (χ0) is 24.4. The normalized spacial score (nSPS) is 11.0. The fourth-order valence-electron chi connectivity index (χ4n) is 3.71. The molecule has 0 saturated heterocycles. The number of hydrogen-bond acceptors (Lipinski definition) is 5. The van der Waals surface area contributed by atoms with Crippen molar-refractivity contribution in [3.63, 3.8) is 0 Å². The van der Waals surface area contributed by atoms with Crippen LogP contribution in [0.15, 0.2) is 75.9 Å². The minimum absolute atomic E-state index is 0.106. The van der Waals surface area contributed by atoms with Crippen molar-refractivity contribution >= 4 is 28.5 Å². The van der Waals surface area contributed by atoms with Gasteiger partial charge in [0.25, 0.3) is 5.91 Å². The van der Waals surface area contributed by atoms with E-state index in [0.717, 1.165) is 11.1 Å². The molecule has 0 atom stereocenters. The molecule has 0 aliphatic heterocycles. The van der Waals surface area contributed by atoms with Crippen LogP contribution < -0.4 is 10.7 Å². The minimum Gasteiger partial charge on any atom is -0.459 e. The molecule has 0 spiro atoms. The van der Waals surface area contributed by atoms with E-state index in [2.05, 4.69) is 5.32 Å². The fraction of sp³-hybridized carbons (Fsp3) is 0.179. The minimum atomic E-state index is -0.408. The summed E-state index contributed by atoms with van der Waals surface area (Å²) >= 11 is 0. The first kappa shape index (κ1) is 23.0. The van der Waals surface area contributed by atoms with Gasteiger partial charge in [0.2, 0.25) is 0 Å². The number of anilines is 1. The number of nitrogens with one attached hydrogen (secondary N) is 1. The number of benzene rings is 3. The van der Waals surface area contributed by atoms with Gasteiger partial charge in [0, 0.05) is 22.9 Å². The Labute approximate surface area is 197 Å². The van der Waals surface area contributed by atoms with E-state index in [-0.39, 0.29) is 17.4 Å². The van der Waals surface area contributed by atoms with Gasteiger partial charge in [-0.25, -0.2) is 4.79 Å². The molecule has 0 aliphatic carbocycles. The van der Waals surface area contributed by atoms with Crippen molar-refractivity contribution in [1.29, 1.82) is 0 Å². The summed E-state index contributed by atoms with van der Waals surface area (Å²) in [4.78, 5) is 37.2. The lowest BCUT2D eigenvalue weighted by Gasteiger charge is -2.10. The van der Waals surface area contributed by atoms with E-state index in [9.17, 15) is 14.4 Å². The second-order valence-corrected chi connectivity index (χ2v) is 8.50. The summed E-state index contributed by atoms with van der Waals surface area (Å²) < 4.78 is 11.2. The van der Waals surface area contributed by atoms with Gasteiger partial charge in [-0.15, -0.1) is 0 Å². The van der Waals surface area contributed by atoms with Crippen LogP contribution >= 0.6 is 0 Å². The maximum absolute atomic E-state index is 12.7. The van der Waals surface area contributed by atoms with Crippen LogP contribution in [-0.2, 0) is 4.74 Å². The van der Waals surface area contributed by atoms with Crippen LogP contribution in [0.5, 0.6) is 0 Å². The largest absolute Gasteiger partial charge is 0.459 e. The van der Waals surface area contributed by atoms with Crippen LogP contribution in [0.1, 0.15) is 45.7 Å². The molecule has 1 aromatic heterocycles. The molecule has 34 heavy (non-hydrogen) atoms. The van der Waals surface area contributed by atoms with Crippen LogP contribution in [0.25, 0.3) is 22.3 Å². The van der Waals surface area contributed by atoms with Crippen molar-refractivity contribution in [3.8, 4) is 11.3 Å². The van der Waals surface area contributed by atoms with E-state index in [0.29, 0.717) is 39.1 Å². The van der Waals surface area contributed by atoms with Gasteiger partial charge in [-0.2, -0.15) is 0 Å². The molecular weight excluding hydrogens is 430 g/mol. The number of carbonyl (C=O) groups is 2. The Hall–Kier alpha value is -4.19. The second-order valence-electron chi connectivity index (χ2n) is 8.50. The van der Waals surface area contributed by atoms with Gasteiger partial charge in [-0.1, -0.05) is 18.2 Å². The first-order chi connectivity index (χ1) is 16.2. The van der Waals surface area contributed by atoms with Crippen LogP contribution in [0.4, 0.5) is 5.69 Å². The summed E-state index contributed by atoms with van der Waals surface area (Å²) in [5.41, 5.74) is 4.48. The molecule has 0 radical (unpaired) electrons. The molecule has 0 saturated carbocycles. The third-order valence-electron chi connectivity index (χ3n) is 5.31. The van der Waals surface area contributed by atoms with Gasteiger partial charge in [0.1, 0.15) is 11.3 Å². The van der Waals surface area contributed by atoms with Crippen LogP contribution in [0.3, 0.4) is 0 Å². The summed E-state index contributed by atoms with van der Waals surface area (Å²) in [6.07, 6.45) is -0.203. The van der Waals surface area contributed by atoms with Crippen molar-refractivity contribution in [1.82, 2.24) is 0 Å². The molecule has 4 rings (SSSR count). The summed E-state index contributed by atoms with van der Waals surface area (Å²) in [5, 5.41) is 3.36. The molecule has 3 aromatic carbocycles. The van der Waals surface area contributed by atoms with Crippen LogP contribution in [0.2, 0.25) is 0 Å². The van der Waals surface area contributed by atoms with Crippen LogP contribution in [0, 0.1) is 13.8 Å². The number of fused-ring (bicyclic) bond motifs is 1. The third-order valence-corrected chi connectivity index (χ3v) is 5.31. The van der Waals surface area contributed by atoms with E-state index >= 15 is 0 Å². The highest BCUT2D eigenvalue weighted by Gasteiger charge is 2.13. The predicted octanol–water partition coefficient (Wildman–Crippen LogP) is 5.89. The highest BCUT2D eigenvalue weighted by Crippen LogP contribution is 2.25. The predicted molar refractivity (Wildman–Crippen MR) is 132 cm³/mol.